The summed E-state index contributed by atoms with van der Waals surface area (Å²) in [6.07, 6.45) is 3.62. The molecule has 1 aromatic carbocycles. The van der Waals surface area contributed by atoms with Crippen molar-refractivity contribution in [3.05, 3.63) is 41.6 Å². The van der Waals surface area contributed by atoms with Crippen LogP contribution in [0.3, 0.4) is 0 Å². The molecule has 0 aromatic heterocycles. The number of allylic oxidation sites excluding steroid dienone is 3. The summed E-state index contributed by atoms with van der Waals surface area (Å²) >= 11 is 0. The van der Waals surface area contributed by atoms with Crippen LogP contribution in [0.25, 0.3) is 0 Å². The van der Waals surface area contributed by atoms with E-state index in [1.54, 1.807) is 26.2 Å². The number of esters is 1. The van der Waals surface area contributed by atoms with Crippen molar-refractivity contribution in [2.75, 3.05) is 38.8 Å². The Morgan fingerprint density at radius 3 is 2.09 bits per heavy atom. The van der Waals surface area contributed by atoms with E-state index in [2.05, 4.69) is 11.5 Å². The molecule has 2 N–H and O–H groups in total. The number of nitrogens with two attached hydrogens (primary N) is 1. The van der Waals surface area contributed by atoms with E-state index in [-0.39, 0.29) is 5.97 Å². The van der Waals surface area contributed by atoms with Crippen molar-refractivity contribution in [1.29, 1.82) is 0 Å². The average molecular weight is 451 g/mol. The highest BCUT2D eigenvalue weighted by Crippen LogP contribution is 2.35. The van der Waals surface area contributed by atoms with Gasteiger partial charge in [0.25, 0.3) is 0 Å². The first-order chi connectivity index (χ1) is 15.2. The van der Waals surface area contributed by atoms with Crippen LogP contribution in [0.5, 0.6) is 11.5 Å². The third-order valence-corrected chi connectivity index (χ3v) is 3.97. The lowest BCUT2D eigenvalue weighted by atomic mass is 10.1. The highest BCUT2D eigenvalue weighted by atomic mass is 16.5. The summed E-state index contributed by atoms with van der Waals surface area (Å²) in [5, 5.41) is 0. The van der Waals surface area contributed by atoms with Gasteiger partial charge in [0.1, 0.15) is 11.5 Å². The highest BCUT2D eigenvalue weighted by Gasteiger charge is 2.16. The van der Waals surface area contributed by atoms with E-state index in [1.807, 2.05) is 40.7 Å². The molecule has 0 spiro atoms. The van der Waals surface area contributed by atoms with E-state index in [0.717, 1.165) is 29.8 Å². The van der Waals surface area contributed by atoms with Gasteiger partial charge < -0.3 is 24.8 Å². The maximum atomic E-state index is 11.4. The molecule has 0 radical (unpaired) electrons. The number of methoxy groups -OCH3 is 2. The van der Waals surface area contributed by atoms with Crippen molar-refractivity contribution in [3.8, 4) is 11.5 Å². The molecule has 0 unspecified atom stereocenters. The van der Waals surface area contributed by atoms with Crippen molar-refractivity contribution >= 4 is 17.9 Å². The summed E-state index contributed by atoms with van der Waals surface area (Å²) in [7, 11) is 3.09. The number of ether oxygens (including phenoxy) is 3. The molecule has 1 rings (SSSR count). The minimum atomic E-state index is -0.190. The maximum Gasteiger partial charge on any atom is 0.305 e. The Kier molecular flexibility index (Phi) is 18.3. The van der Waals surface area contributed by atoms with Crippen molar-refractivity contribution in [1.82, 2.24) is 0 Å². The quantitative estimate of drug-likeness (QED) is 0.284. The Labute approximate surface area is 194 Å². The molecular formula is C25H42N2O5. The summed E-state index contributed by atoms with van der Waals surface area (Å²) in [6, 6.07) is 3.45. The second-order valence-corrected chi connectivity index (χ2v) is 6.61. The second-order valence-electron chi connectivity index (χ2n) is 6.61. The minimum Gasteiger partial charge on any atom is -0.496 e. The molecule has 0 fully saturated rings. The number of aldehydes is 1. The van der Waals surface area contributed by atoms with Crippen molar-refractivity contribution in [3.63, 3.8) is 0 Å². The largest absolute Gasteiger partial charge is 0.496 e. The Morgan fingerprint density at radius 1 is 1.12 bits per heavy atom. The van der Waals surface area contributed by atoms with Gasteiger partial charge in [-0.3, -0.25) is 9.59 Å². The molecule has 0 heterocycles. The standard InChI is InChI=1S/C17H25NO5.C6H11N.C2H6/c1-5-18(9-7-8-17(20)23-6-2)14-11-15(21-3)13(12-19)10-16(14)22-4;1-5(2)4-6(3)7;1-2/h10-12H,5-9H2,1-4H3;4H,1,7H2,2-3H3;1-2H3/b;6-4-;. The lowest BCUT2D eigenvalue weighted by Gasteiger charge is -2.26. The van der Waals surface area contributed by atoms with Crippen LogP contribution in [0, 0.1) is 0 Å². The summed E-state index contributed by atoms with van der Waals surface area (Å²) in [5.41, 5.74) is 8.38. The first kappa shape index (κ1) is 31.2. The first-order valence-corrected chi connectivity index (χ1v) is 10.9. The number of anilines is 1. The topological polar surface area (TPSA) is 91.1 Å². The molecule has 7 nitrogen and oxygen atoms in total. The third-order valence-electron chi connectivity index (χ3n) is 3.97. The fourth-order valence-corrected chi connectivity index (χ4v) is 2.73. The van der Waals surface area contributed by atoms with Crippen LogP contribution in [0.4, 0.5) is 5.69 Å². The molecule has 0 amide bonds. The lowest BCUT2D eigenvalue weighted by molar-refractivity contribution is -0.143. The zero-order valence-electron chi connectivity index (χ0n) is 21.1. The Morgan fingerprint density at radius 2 is 1.72 bits per heavy atom. The zero-order valence-corrected chi connectivity index (χ0v) is 21.1. The zero-order chi connectivity index (χ0) is 25.1. The molecule has 0 saturated heterocycles. The normalized spacial score (nSPS) is 9.94. The van der Waals surface area contributed by atoms with E-state index in [9.17, 15) is 9.59 Å². The average Bonchev–Trinajstić information content (AvgIpc) is 2.77. The first-order valence-electron chi connectivity index (χ1n) is 10.9. The predicted octanol–water partition coefficient (Wildman–Crippen LogP) is 5.14. The Balaban J connectivity index is 0. The van der Waals surface area contributed by atoms with Crippen LogP contribution in [-0.2, 0) is 9.53 Å². The number of nitrogens with zero attached hydrogens (tertiary/aromatic N) is 1. The number of hydrogen-bond donors (Lipinski definition) is 1. The molecular weight excluding hydrogens is 408 g/mol. The summed E-state index contributed by atoms with van der Waals surface area (Å²) in [6.45, 7) is 17.0. The van der Waals surface area contributed by atoms with Gasteiger partial charge in [0.15, 0.2) is 6.29 Å². The number of hydrogen-bond acceptors (Lipinski definition) is 7. The maximum absolute atomic E-state index is 11.4. The van der Waals surface area contributed by atoms with Gasteiger partial charge in [-0.25, -0.2) is 0 Å². The number of carbonyl (C=O) groups is 2. The molecule has 0 aliphatic heterocycles. The number of carbonyl (C=O) groups excluding carboxylic acids is 2. The van der Waals surface area contributed by atoms with Crippen LogP contribution in [0.15, 0.2) is 36.1 Å². The molecule has 0 saturated carbocycles. The van der Waals surface area contributed by atoms with Crippen LogP contribution < -0.4 is 20.1 Å². The number of rotatable bonds is 11. The highest BCUT2D eigenvalue weighted by molar-refractivity contribution is 5.83. The molecule has 0 aliphatic rings. The van der Waals surface area contributed by atoms with Crippen molar-refractivity contribution in [2.45, 2.75) is 54.4 Å². The van der Waals surface area contributed by atoms with Gasteiger partial charge in [-0.05, 0) is 46.3 Å². The molecule has 0 bridgehead atoms. The summed E-state index contributed by atoms with van der Waals surface area (Å²) < 4.78 is 15.6. The molecule has 1 aromatic rings. The van der Waals surface area contributed by atoms with Crippen LogP contribution >= 0.6 is 0 Å². The van der Waals surface area contributed by atoms with Crippen LogP contribution in [0.2, 0.25) is 0 Å². The Hall–Kier alpha value is -2.96. The fraction of sp³-hybridized carbons (Fsp3) is 0.520. The smallest absolute Gasteiger partial charge is 0.305 e. The van der Waals surface area contributed by atoms with E-state index in [1.165, 1.54) is 7.11 Å². The Bertz CT molecular complexity index is 725. The molecule has 0 atom stereocenters. The van der Waals surface area contributed by atoms with E-state index in [0.29, 0.717) is 43.1 Å². The SMILES string of the molecule is C=C(C)/C=C(/C)N.CC.CCOC(=O)CCCN(CC)c1cc(OC)c(C=O)cc1OC. The third kappa shape index (κ3) is 12.7. The van der Waals surface area contributed by atoms with Gasteiger partial charge in [0.2, 0.25) is 0 Å². The monoisotopic (exact) mass is 450 g/mol. The van der Waals surface area contributed by atoms with Crippen LogP contribution in [-0.4, -0.2) is 46.2 Å². The van der Waals surface area contributed by atoms with E-state index < -0.39 is 0 Å². The van der Waals surface area contributed by atoms with Crippen molar-refractivity contribution < 1.29 is 23.8 Å². The lowest BCUT2D eigenvalue weighted by Crippen LogP contribution is -2.25. The molecule has 0 aliphatic carbocycles. The van der Waals surface area contributed by atoms with Gasteiger partial charge in [-0.1, -0.05) is 26.0 Å². The summed E-state index contributed by atoms with van der Waals surface area (Å²) in [4.78, 5) is 24.6. The second kappa shape index (κ2) is 18.8. The van der Waals surface area contributed by atoms with E-state index >= 15 is 0 Å². The fourth-order valence-electron chi connectivity index (χ4n) is 2.73. The molecule has 182 valence electrons. The predicted molar refractivity (Wildman–Crippen MR) is 133 cm³/mol. The van der Waals surface area contributed by atoms with Gasteiger partial charge in [-0.2, -0.15) is 0 Å². The van der Waals surface area contributed by atoms with Crippen molar-refractivity contribution in [2.24, 2.45) is 5.73 Å². The van der Waals surface area contributed by atoms with Crippen LogP contribution in [0.1, 0.15) is 64.7 Å². The minimum absolute atomic E-state index is 0.190. The number of benzene rings is 1. The van der Waals surface area contributed by atoms with Gasteiger partial charge in [0, 0.05) is 31.3 Å². The molecule has 32 heavy (non-hydrogen) atoms. The molecule has 7 heteroatoms. The summed E-state index contributed by atoms with van der Waals surface area (Å²) in [5.74, 6) is 0.912. The van der Waals surface area contributed by atoms with Gasteiger partial charge in [0.05, 0.1) is 32.1 Å². The van der Waals surface area contributed by atoms with E-state index in [4.69, 9.17) is 19.9 Å². The van der Waals surface area contributed by atoms with Gasteiger partial charge >= 0.3 is 5.97 Å². The van der Waals surface area contributed by atoms with Gasteiger partial charge in [-0.15, -0.1) is 0 Å².